The molecule has 0 spiro atoms. The normalized spacial score (nSPS) is 11.6. The summed E-state index contributed by atoms with van der Waals surface area (Å²) in [5, 5.41) is 0. The van der Waals surface area contributed by atoms with Gasteiger partial charge < -0.3 is 4.74 Å². The number of likely N-dealkylation sites (N-methyl/N-ethyl adjacent to an activating group) is 1. The number of rotatable bonds is 4. The Kier molecular flexibility index (Phi) is 4.48. The van der Waals surface area contributed by atoms with Crippen LogP contribution in [0.25, 0.3) is 0 Å². The molecule has 0 amide bonds. The van der Waals surface area contributed by atoms with Gasteiger partial charge in [0.15, 0.2) is 0 Å². The molecule has 0 aliphatic carbocycles. The van der Waals surface area contributed by atoms with Crippen LogP contribution in [-0.4, -0.2) is 39.4 Å². The van der Waals surface area contributed by atoms with E-state index in [0.29, 0.717) is 5.56 Å². The van der Waals surface area contributed by atoms with Crippen LogP contribution in [0.2, 0.25) is 0 Å². The van der Waals surface area contributed by atoms with E-state index in [1.54, 1.807) is 25.1 Å². The zero-order valence-corrected chi connectivity index (χ0v) is 11.7. The predicted molar refractivity (Wildman–Crippen MR) is 67.7 cm³/mol. The lowest BCUT2D eigenvalue weighted by Gasteiger charge is -2.17. The van der Waals surface area contributed by atoms with Gasteiger partial charge in [-0.3, -0.25) is 4.79 Å². The third kappa shape index (κ3) is 3.08. The van der Waals surface area contributed by atoms with E-state index in [0.717, 1.165) is 9.87 Å². The number of benzene rings is 1. The first-order chi connectivity index (χ1) is 8.28. The van der Waals surface area contributed by atoms with Crippen molar-refractivity contribution in [3.63, 3.8) is 0 Å². The van der Waals surface area contributed by atoms with Gasteiger partial charge in [0.05, 0.1) is 12.0 Å². The second kappa shape index (κ2) is 5.49. The average Bonchev–Trinajstić information content (AvgIpc) is 2.28. The highest BCUT2D eigenvalue weighted by Gasteiger charge is 2.24. The lowest BCUT2D eigenvalue weighted by molar-refractivity contribution is -0.140. The largest absolute Gasteiger partial charge is 0.468 e. The molecule has 0 fully saturated rings. The second-order valence-corrected chi connectivity index (χ2v) is 6.12. The third-order valence-corrected chi connectivity index (χ3v) is 4.56. The number of methoxy groups -OCH3 is 1. The molecule has 0 aliphatic rings. The first-order valence-corrected chi connectivity index (χ1v) is 6.83. The molecule has 0 bridgehead atoms. The quantitative estimate of drug-likeness (QED) is 0.769. The molecule has 0 saturated carbocycles. The van der Waals surface area contributed by atoms with Gasteiger partial charge in [-0.25, -0.2) is 8.42 Å². The summed E-state index contributed by atoms with van der Waals surface area (Å²) in [6.45, 7) is 3.32. The number of hydrogen-bond acceptors (Lipinski definition) is 4. The number of esters is 1. The van der Waals surface area contributed by atoms with Crippen LogP contribution in [0.15, 0.2) is 23.1 Å². The Bertz CT molecular complexity index is 551. The van der Waals surface area contributed by atoms with Gasteiger partial charge in [-0.1, -0.05) is 17.7 Å². The number of carbonyl (C=O) groups excluding carboxylic acids is 1. The van der Waals surface area contributed by atoms with Gasteiger partial charge in [0.1, 0.15) is 6.54 Å². The van der Waals surface area contributed by atoms with Crippen LogP contribution < -0.4 is 0 Å². The summed E-state index contributed by atoms with van der Waals surface area (Å²) in [7, 11) is -1.08. The van der Waals surface area contributed by atoms with Crippen LogP contribution in [-0.2, 0) is 19.6 Å². The number of ether oxygens (including phenoxy) is 1. The summed E-state index contributed by atoms with van der Waals surface area (Å²) >= 11 is 0. The van der Waals surface area contributed by atoms with Crippen LogP contribution in [0, 0.1) is 13.8 Å². The van der Waals surface area contributed by atoms with Crippen LogP contribution in [0.3, 0.4) is 0 Å². The number of aryl methyl sites for hydroxylation is 2. The summed E-state index contributed by atoms with van der Waals surface area (Å²) in [6.07, 6.45) is 0. The van der Waals surface area contributed by atoms with Crippen LogP contribution in [0.1, 0.15) is 11.1 Å². The summed E-state index contributed by atoms with van der Waals surface area (Å²) in [5.74, 6) is -0.592. The Labute approximate surface area is 107 Å². The molecule has 0 heterocycles. The van der Waals surface area contributed by atoms with Crippen molar-refractivity contribution in [2.75, 3.05) is 20.7 Å². The highest BCUT2D eigenvalue weighted by molar-refractivity contribution is 7.89. The lowest BCUT2D eigenvalue weighted by Crippen LogP contribution is -2.33. The maximum atomic E-state index is 12.2. The van der Waals surface area contributed by atoms with Crippen LogP contribution in [0.5, 0.6) is 0 Å². The minimum absolute atomic E-state index is 0.208. The van der Waals surface area contributed by atoms with Gasteiger partial charge in [-0.2, -0.15) is 4.31 Å². The number of nitrogens with zero attached hydrogens (tertiary/aromatic N) is 1. The van der Waals surface area contributed by atoms with E-state index in [9.17, 15) is 13.2 Å². The second-order valence-electron chi connectivity index (χ2n) is 4.11. The molecule has 0 unspecified atom stereocenters. The van der Waals surface area contributed by atoms with Crippen molar-refractivity contribution < 1.29 is 17.9 Å². The third-order valence-electron chi connectivity index (χ3n) is 2.60. The Morgan fingerprint density at radius 3 is 2.44 bits per heavy atom. The maximum absolute atomic E-state index is 12.2. The molecule has 5 nitrogen and oxygen atoms in total. The van der Waals surface area contributed by atoms with Crippen LogP contribution >= 0.6 is 0 Å². The molecule has 0 saturated heterocycles. The van der Waals surface area contributed by atoms with Crippen molar-refractivity contribution >= 4 is 16.0 Å². The first kappa shape index (κ1) is 14.7. The summed E-state index contributed by atoms with van der Waals surface area (Å²) in [5.41, 5.74) is 1.65. The molecule has 0 aliphatic heterocycles. The van der Waals surface area contributed by atoms with Crippen LogP contribution in [0.4, 0.5) is 0 Å². The molecule has 1 aromatic carbocycles. The molecule has 0 radical (unpaired) electrons. The highest BCUT2D eigenvalue weighted by atomic mass is 32.2. The zero-order chi connectivity index (χ0) is 13.9. The van der Waals surface area contributed by atoms with E-state index in [2.05, 4.69) is 4.74 Å². The SMILES string of the molecule is COC(=O)CN(C)S(=O)(=O)c1ccc(C)cc1C. The molecular formula is C12H17NO4S. The Balaban J connectivity index is 3.09. The van der Waals surface area contributed by atoms with Gasteiger partial charge in [-0.15, -0.1) is 0 Å². The van der Waals surface area contributed by atoms with Gasteiger partial charge in [0.2, 0.25) is 10.0 Å². The number of carbonyl (C=O) groups is 1. The standard InChI is InChI=1S/C12H17NO4S/c1-9-5-6-11(10(2)7-9)18(15,16)13(3)8-12(14)17-4/h5-7H,8H2,1-4H3. The monoisotopic (exact) mass is 271 g/mol. The fraction of sp³-hybridized carbons (Fsp3) is 0.417. The molecule has 1 rings (SSSR count). The van der Waals surface area contributed by atoms with E-state index in [4.69, 9.17) is 0 Å². The minimum atomic E-state index is -3.66. The molecule has 0 N–H and O–H groups in total. The van der Waals surface area contributed by atoms with Crippen molar-refractivity contribution in [2.24, 2.45) is 0 Å². The molecule has 0 aromatic heterocycles. The Hall–Kier alpha value is -1.40. The molecular weight excluding hydrogens is 254 g/mol. The molecule has 6 heteroatoms. The average molecular weight is 271 g/mol. The highest BCUT2D eigenvalue weighted by Crippen LogP contribution is 2.19. The molecule has 18 heavy (non-hydrogen) atoms. The van der Waals surface area contributed by atoms with Crippen molar-refractivity contribution in [3.8, 4) is 0 Å². The maximum Gasteiger partial charge on any atom is 0.321 e. The minimum Gasteiger partial charge on any atom is -0.468 e. The summed E-state index contributed by atoms with van der Waals surface area (Å²) < 4.78 is 29.9. The molecule has 100 valence electrons. The van der Waals surface area contributed by atoms with E-state index >= 15 is 0 Å². The zero-order valence-electron chi connectivity index (χ0n) is 10.9. The first-order valence-electron chi connectivity index (χ1n) is 5.39. The summed E-state index contributed by atoms with van der Waals surface area (Å²) in [6, 6.07) is 5.07. The Morgan fingerprint density at radius 1 is 1.33 bits per heavy atom. The topological polar surface area (TPSA) is 63.7 Å². The summed E-state index contributed by atoms with van der Waals surface area (Å²) in [4.78, 5) is 11.3. The van der Waals surface area contributed by atoms with Gasteiger partial charge in [-0.05, 0) is 25.5 Å². The lowest BCUT2D eigenvalue weighted by atomic mass is 10.2. The van der Waals surface area contributed by atoms with Crippen molar-refractivity contribution in [2.45, 2.75) is 18.7 Å². The van der Waals surface area contributed by atoms with E-state index < -0.39 is 16.0 Å². The smallest absolute Gasteiger partial charge is 0.321 e. The number of hydrogen-bond donors (Lipinski definition) is 0. The van der Waals surface area contributed by atoms with Crippen molar-refractivity contribution in [3.05, 3.63) is 29.3 Å². The fourth-order valence-corrected chi connectivity index (χ4v) is 2.90. The Morgan fingerprint density at radius 2 is 1.94 bits per heavy atom. The number of sulfonamides is 1. The van der Waals surface area contributed by atoms with E-state index in [1.165, 1.54) is 14.2 Å². The van der Waals surface area contributed by atoms with Gasteiger partial charge in [0.25, 0.3) is 0 Å². The van der Waals surface area contributed by atoms with Gasteiger partial charge >= 0.3 is 5.97 Å². The van der Waals surface area contributed by atoms with Crippen molar-refractivity contribution in [1.82, 2.24) is 4.31 Å². The van der Waals surface area contributed by atoms with E-state index in [-0.39, 0.29) is 11.4 Å². The fourth-order valence-electron chi connectivity index (χ4n) is 1.59. The molecule has 0 atom stereocenters. The molecule has 1 aromatic rings. The predicted octanol–water partition coefficient (Wildman–Crippen LogP) is 1.10. The van der Waals surface area contributed by atoms with Crippen molar-refractivity contribution in [1.29, 1.82) is 0 Å². The van der Waals surface area contributed by atoms with E-state index in [1.807, 2.05) is 6.92 Å². The van der Waals surface area contributed by atoms with Gasteiger partial charge in [0, 0.05) is 7.05 Å².